The predicted molar refractivity (Wildman–Crippen MR) is 108 cm³/mol. The number of H-pyrrole nitrogens is 1. The highest BCUT2D eigenvalue weighted by Gasteiger charge is 2.20. The zero-order valence-corrected chi connectivity index (χ0v) is 16.7. The molecular formula is C20H20N6OS. The fourth-order valence-corrected chi connectivity index (χ4v) is 3.72. The average Bonchev–Trinajstić information content (AvgIpc) is 3.34. The van der Waals surface area contributed by atoms with Gasteiger partial charge < -0.3 is 4.74 Å². The fourth-order valence-electron chi connectivity index (χ4n) is 2.85. The number of aromatic amines is 1. The second kappa shape index (κ2) is 7.47. The van der Waals surface area contributed by atoms with Crippen LogP contribution in [-0.4, -0.2) is 30.6 Å². The van der Waals surface area contributed by atoms with Crippen LogP contribution in [0.5, 0.6) is 11.6 Å². The van der Waals surface area contributed by atoms with Gasteiger partial charge >= 0.3 is 0 Å². The van der Waals surface area contributed by atoms with Crippen LogP contribution >= 0.6 is 11.3 Å². The van der Waals surface area contributed by atoms with Crippen LogP contribution in [-0.2, 0) is 11.8 Å². The molecule has 28 heavy (non-hydrogen) atoms. The van der Waals surface area contributed by atoms with E-state index in [-0.39, 0.29) is 5.41 Å². The monoisotopic (exact) mass is 392 g/mol. The molecule has 142 valence electrons. The van der Waals surface area contributed by atoms with Crippen molar-refractivity contribution in [2.45, 2.75) is 32.6 Å². The Balaban J connectivity index is 1.60. The van der Waals surface area contributed by atoms with E-state index in [1.165, 1.54) is 11.3 Å². The summed E-state index contributed by atoms with van der Waals surface area (Å²) in [4.78, 5) is 9.82. The van der Waals surface area contributed by atoms with Gasteiger partial charge in [0.1, 0.15) is 5.75 Å². The Morgan fingerprint density at radius 3 is 2.71 bits per heavy atom. The second-order valence-electron chi connectivity index (χ2n) is 7.35. The van der Waals surface area contributed by atoms with E-state index in [4.69, 9.17) is 4.74 Å². The number of para-hydroxylation sites is 1. The normalized spacial score (nSPS) is 11.5. The lowest BCUT2D eigenvalue weighted by Crippen LogP contribution is -2.12. The van der Waals surface area contributed by atoms with Crippen molar-refractivity contribution in [1.82, 2.24) is 30.6 Å². The second-order valence-corrected chi connectivity index (χ2v) is 8.46. The lowest BCUT2D eigenvalue weighted by Gasteiger charge is -2.22. The number of benzene rings is 1. The zero-order chi connectivity index (χ0) is 19.6. The maximum absolute atomic E-state index is 6.24. The van der Waals surface area contributed by atoms with Crippen molar-refractivity contribution in [3.63, 3.8) is 0 Å². The van der Waals surface area contributed by atoms with Gasteiger partial charge in [0.2, 0.25) is 11.7 Å². The van der Waals surface area contributed by atoms with Gasteiger partial charge in [-0.1, -0.05) is 45.0 Å². The summed E-state index contributed by atoms with van der Waals surface area (Å²) in [6, 6.07) is 12.0. The molecule has 1 aromatic carbocycles. The van der Waals surface area contributed by atoms with E-state index < -0.39 is 0 Å². The number of thiazole rings is 1. The molecule has 4 rings (SSSR count). The Morgan fingerprint density at radius 1 is 1.07 bits per heavy atom. The van der Waals surface area contributed by atoms with Crippen LogP contribution in [0.15, 0.2) is 48.8 Å². The maximum atomic E-state index is 6.24. The van der Waals surface area contributed by atoms with Crippen LogP contribution in [0.3, 0.4) is 0 Å². The third-order valence-electron chi connectivity index (χ3n) is 4.21. The van der Waals surface area contributed by atoms with E-state index in [1.807, 2.05) is 30.3 Å². The molecule has 0 saturated carbocycles. The van der Waals surface area contributed by atoms with Gasteiger partial charge in [-0.05, 0) is 22.8 Å². The number of aromatic nitrogens is 6. The molecule has 0 radical (unpaired) electrons. The van der Waals surface area contributed by atoms with Gasteiger partial charge in [0.05, 0.1) is 9.88 Å². The van der Waals surface area contributed by atoms with Crippen LogP contribution in [0.2, 0.25) is 0 Å². The van der Waals surface area contributed by atoms with Gasteiger partial charge in [0, 0.05) is 29.9 Å². The molecule has 3 aromatic heterocycles. The Morgan fingerprint density at radius 2 is 1.93 bits per heavy atom. The van der Waals surface area contributed by atoms with Gasteiger partial charge in [-0.2, -0.15) is 5.21 Å². The van der Waals surface area contributed by atoms with Crippen molar-refractivity contribution in [2.75, 3.05) is 0 Å². The molecule has 0 unspecified atom stereocenters. The quantitative estimate of drug-likeness (QED) is 0.541. The maximum Gasteiger partial charge on any atom is 0.222 e. The molecule has 0 fully saturated rings. The van der Waals surface area contributed by atoms with Crippen molar-refractivity contribution in [3.8, 4) is 22.3 Å². The topological polar surface area (TPSA) is 89.5 Å². The lowest BCUT2D eigenvalue weighted by atomic mass is 9.86. The number of rotatable bonds is 5. The molecule has 0 aliphatic rings. The van der Waals surface area contributed by atoms with Crippen LogP contribution in [0.1, 0.15) is 36.9 Å². The van der Waals surface area contributed by atoms with Gasteiger partial charge in [0.25, 0.3) is 0 Å². The molecule has 0 atom stereocenters. The minimum Gasteiger partial charge on any atom is -0.438 e. The summed E-state index contributed by atoms with van der Waals surface area (Å²) in [7, 11) is 0. The fraction of sp³-hybridized carbons (Fsp3) is 0.250. The summed E-state index contributed by atoms with van der Waals surface area (Å²) in [6.07, 6.45) is 4.12. The zero-order valence-electron chi connectivity index (χ0n) is 15.9. The molecule has 0 aliphatic carbocycles. The van der Waals surface area contributed by atoms with Crippen molar-refractivity contribution in [3.05, 3.63) is 64.9 Å². The van der Waals surface area contributed by atoms with Crippen molar-refractivity contribution in [2.24, 2.45) is 0 Å². The number of ether oxygens (including phenoxy) is 1. The van der Waals surface area contributed by atoms with Crippen LogP contribution in [0.25, 0.3) is 10.7 Å². The Kier molecular flexibility index (Phi) is 4.87. The molecule has 0 bridgehead atoms. The first-order valence-corrected chi connectivity index (χ1v) is 9.72. The summed E-state index contributed by atoms with van der Waals surface area (Å²) in [6.45, 7) is 6.51. The van der Waals surface area contributed by atoms with E-state index in [0.29, 0.717) is 18.1 Å². The van der Waals surface area contributed by atoms with Crippen molar-refractivity contribution < 1.29 is 4.74 Å². The molecule has 0 saturated heterocycles. The number of tetrazole rings is 1. The largest absolute Gasteiger partial charge is 0.438 e. The van der Waals surface area contributed by atoms with E-state index in [0.717, 1.165) is 26.8 Å². The first-order chi connectivity index (χ1) is 13.5. The van der Waals surface area contributed by atoms with Crippen LogP contribution in [0.4, 0.5) is 0 Å². The molecule has 3 heterocycles. The molecule has 0 amide bonds. The Hall–Kier alpha value is -3.13. The third-order valence-corrected chi connectivity index (χ3v) is 5.21. The summed E-state index contributed by atoms with van der Waals surface area (Å²) < 4.78 is 6.24. The van der Waals surface area contributed by atoms with Crippen LogP contribution < -0.4 is 4.74 Å². The summed E-state index contributed by atoms with van der Waals surface area (Å²) in [5, 5.41) is 15.0. The van der Waals surface area contributed by atoms with E-state index in [2.05, 4.69) is 57.4 Å². The molecule has 0 spiro atoms. The molecular weight excluding hydrogens is 372 g/mol. The SMILES string of the molecule is CC(C)(C)c1ccccc1Oc1ncccc1Cc1ncc(-c2nn[nH]n2)s1. The average molecular weight is 392 g/mol. The minimum atomic E-state index is -0.0274. The molecule has 4 aromatic rings. The highest BCUT2D eigenvalue weighted by atomic mass is 32.1. The Labute approximate surface area is 166 Å². The standard InChI is InChI=1S/C20H20N6OS/c1-20(2,3)14-8-4-5-9-15(14)27-19-13(7-6-10-21-19)11-17-22-12-16(28-17)18-23-25-26-24-18/h4-10,12H,11H2,1-3H3,(H,23,24,25,26). The number of pyridine rings is 1. The summed E-state index contributed by atoms with van der Waals surface area (Å²) >= 11 is 1.53. The smallest absolute Gasteiger partial charge is 0.222 e. The van der Waals surface area contributed by atoms with E-state index in [9.17, 15) is 0 Å². The highest BCUT2D eigenvalue weighted by Crippen LogP contribution is 2.35. The summed E-state index contributed by atoms with van der Waals surface area (Å²) in [5.74, 6) is 1.96. The highest BCUT2D eigenvalue weighted by molar-refractivity contribution is 7.15. The van der Waals surface area contributed by atoms with Gasteiger partial charge in [0.15, 0.2) is 0 Å². The molecule has 7 nitrogen and oxygen atoms in total. The molecule has 1 N–H and O–H groups in total. The first-order valence-electron chi connectivity index (χ1n) is 8.90. The molecule has 8 heteroatoms. The summed E-state index contributed by atoms with van der Waals surface area (Å²) in [5.41, 5.74) is 2.08. The van der Waals surface area contributed by atoms with Crippen molar-refractivity contribution >= 4 is 11.3 Å². The van der Waals surface area contributed by atoms with E-state index in [1.54, 1.807) is 12.4 Å². The van der Waals surface area contributed by atoms with Gasteiger partial charge in [-0.15, -0.1) is 21.5 Å². The van der Waals surface area contributed by atoms with Gasteiger partial charge in [-0.3, -0.25) is 0 Å². The van der Waals surface area contributed by atoms with E-state index >= 15 is 0 Å². The number of nitrogens with one attached hydrogen (secondary N) is 1. The first kappa shape index (κ1) is 18.2. The van der Waals surface area contributed by atoms with Crippen molar-refractivity contribution in [1.29, 1.82) is 0 Å². The lowest BCUT2D eigenvalue weighted by molar-refractivity contribution is 0.435. The predicted octanol–water partition coefficient (Wildman–Crippen LogP) is 4.40. The number of hydrogen-bond acceptors (Lipinski definition) is 7. The molecule has 0 aliphatic heterocycles. The number of hydrogen-bond donors (Lipinski definition) is 1. The minimum absolute atomic E-state index is 0.0274. The van der Waals surface area contributed by atoms with Gasteiger partial charge in [-0.25, -0.2) is 9.97 Å². The van der Waals surface area contributed by atoms with Crippen LogP contribution in [0, 0.1) is 0 Å². The third kappa shape index (κ3) is 3.91. The number of nitrogens with zero attached hydrogens (tertiary/aromatic N) is 5. The Bertz CT molecular complexity index is 1070.